The zero-order valence-corrected chi connectivity index (χ0v) is 12.6. The number of aromatic nitrogens is 1. The summed E-state index contributed by atoms with van der Waals surface area (Å²) in [6, 6.07) is 7.66. The van der Waals surface area contributed by atoms with Crippen LogP contribution in [0.2, 0.25) is 0 Å². The predicted molar refractivity (Wildman–Crippen MR) is 83.3 cm³/mol. The van der Waals surface area contributed by atoms with Crippen LogP contribution in [0.4, 0.5) is 0 Å². The zero-order valence-electron chi connectivity index (χ0n) is 11.8. The molecule has 0 saturated heterocycles. The molecule has 0 radical (unpaired) electrons. The third kappa shape index (κ3) is 5.13. The molecule has 21 heavy (non-hydrogen) atoms. The summed E-state index contributed by atoms with van der Waals surface area (Å²) in [6.07, 6.45) is 3.58. The Bertz CT molecular complexity index is 634. The Morgan fingerprint density at radius 3 is 3.05 bits per heavy atom. The number of aryl methyl sites for hydroxylation is 1. The van der Waals surface area contributed by atoms with E-state index in [-0.39, 0.29) is 0 Å². The average molecular weight is 303 g/mol. The first-order valence-electron chi connectivity index (χ1n) is 6.62. The first-order chi connectivity index (χ1) is 10.1. The van der Waals surface area contributed by atoms with E-state index in [1.165, 1.54) is 4.88 Å². The van der Waals surface area contributed by atoms with Gasteiger partial charge in [-0.1, -0.05) is 18.2 Å². The number of carboxylic acid groups (broad SMARTS) is 1. The van der Waals surface area contributed by atoms with Gasteiger partial charge in [-0.3, -0.25) is 0 Å². The summed E-state index contributed by atoms with van der Waals surface area (Å²) in [6.45, 7) is 3.18. The van der Waals surface area contributed by atoms with Gasteiger partial charge in [-0.15, -0.1) is 11.3 Å². The Morgan fingerprint density at radius 2 is 2.33 bits per heavy atom. The quantitative estimate of drug-likeness (QED) is 0.630. The number of carbonyl (C=O) groups is 1. The van der Waals surface area contributed by atoms with Gasteiger partial charge in [-0.25, -0.2) is 9.78 Å². The highest BCUT2D eigenvalue weighted by molar-refractivity contribution is 7.09. The van der Waals surface area contributed by atoms with Crippen molar-refractivity contribution in [2.24, 2.45) is 0 Å². The molecule has 0 bridgehead atoms. The molecule has 2 rings (SSSR count). The van der Waals surface area contributed by atoms with E-state index in [0.717, 1.165) is 29.3 Å². The number of hydrogen-bond donors (Lipinski definition) is 1. The first kappa shape index (κ1) is 15.4. The van der Waals surface area contributed by atoms with Crippen LogP contribution in [0.25, 0.3) is 6.08 Å². The van der Waals surface area contributed by atoms with Crippen molar-refractivity contribution in [2.45, 2.75) is 20.0 Å². The lowest BCUT2D eigenvalue weighted by Crippen LogP contribution is -1.99. The molecule has 1 N–H and O–H groups in total. The van der Waals surface area contributed by atoms with Crippen molar-refractivity contribution in [2.75, 3.05) is 6.61 Å². The maximum atomic E-state index is 10.5. The van der Waals surface area contributed by atoms with Gasteiger partial charge in [-0.05, 0) is 30.2 Å². The van der Waals surface area contributed by atoms with E-state index in [1.807, 2.05) is 36.7 Å². The minimum atomic E-state index is -0.948. The fraction of sp³-hybridized carbons (Fsp3) is 0.250. The van der Waals surface area contributed by atoms with E-state index in [0.29, 0.717) is 13.2 Å². The van der Waals surface area contributed by atoms with Crippen LogP contribution in [-0.2, 0) is 22.6 Å². The molecule has 0 unspecified atom stereocenters. The maximum absolute atomic E-state index is 10.5. The zero-order chi connectivity index (χ0) is 15.1. The normalized spacial score (nSPS) is 11.1. The summed E-state index contributed by atoms with van der Waals surface area (Å²) in [4.78, 5) is 16.0. The summed E-state index contributed by atoms with van der Waals surface area (Å²) in [5, 5.41) is 8.61. The molecule has 4 nitrogen and oxygen atoms in total. The van der Waals surface area contributed by atoms with Crippen molar-refractivity contribution in [3.63, 3.8) is 0 Å². The van der Waals surface area contributed by atoms with E-state index >= 15 is 0 Å². The van der Waals surface area contributed by atoms with E-state index in [1.54, 1.807) is 17.4 Å². The Kier molecular flexibility index (Phi) is 5.66. The molecule has 5 heteroatoms. The van der Waals surface area contributed by atoms with Gasteiger partial charge in [0.2, 0.25) is 0 Å². The highest BCUT2D eigenvalue weighted by Crippen LogP contribution is 2.13. The lowest BCUT2D eigenvalue weighted by Gasteiger charge is -2.05. The lowest BCUT2D eigenvalue weighted by molar-refractivity contribution is -0.131. The molecule has 110 valence electrons. The van der Waals surface area contributed by atoms with Crippen molar-refractivity contribution in [3.05, 3.63) is 57.6 Å². The smallest absolute Gasteiger partial charge is 0.328 e. The predicted octanol–water partition coefficient (Wildman–Crippen LogP) is 3.31. The van der Waals surface area contributed by atoms with E-state index in [4.69, 9.17) is 9.84 Å². The number of rotatable bonds is 7. The van der Waals surface area contributed by atoms with Crippen LogP contribution in [0.3, 0.4) is 0 Å². The molecular weight excluding hydrogens is 286 g/mol. The van der Waals surface area contributed by atoms with Crippen LogP contribution >= 0.6 is 11.3 Å². The Hall–Kier alpha value is -1.98. The Labute approximate surface area is 127 Å². The van der Waals surface area contributed by atoms with Crippen molar-refractivity contribution in [1.29, 1.82) is 0 Å². The monoisotopic (exact) mass is 303 g/mol. The SMILES string of the molecule is Cc1ncsc1CCOCc1cccc(C=CC(=O)O)c1. The van der Waals surface area contributed by atoms with Gasteiger partial charge < -0.3 is 9.84 Å². The first-order valence-corrected chi connectivity index (χ1v) is 7.50. The van der Waals surface area contributed by atoms with Crippen LogP contribution < -0.4 is 0 Å². The number of hydrogen-bond acceptors (Lipinski definition) is 4. The summed E-state index contributed by atoms with van der Waals surface area (Å²) in [5.41, 5.74) is 4.81. The fourth-order valence-electron chi connectivity index (χ4n) is 1.88. The molecule has 1 aromatic carbocycles. The van der Waals surface area contributed by atoms with Crippen LogP contribution in [0.1, 0.15) is 21.7 Å². The molecule has 0 aliphatic heterocycles. The molecule has 0 fully saturated rings. The molecular formula is C16H17NO3S. The summed E-state index contributed by atoms with van der Waals surface area (Å²) in [5.74, 6) is -0.948. The Morgan fingerprint density at radius 1 is 1.48 bits per heavy atom. The van der Waals surface area contributed by atoms with E-state index in [9.17, 15) is 4.79 Å². The van der Waals surface area contributed by atoms with Crippen molar-refractivity contribution in [3.8, 4) is 0 Å². The highest BCUT2D eigenvalue weighted by atomic mass is 32.1. The van der Waals surface area contributed by atoms with Crippen molar-refractivity contribution < 1.29 is 14.6 Å². The van der Waals surface area contributed by atoms with Crippen molar-refractivity contribution in [1.82, 2.24) is 4.98 Å². The lowest BCUT2D eigenvalue weighted by atomic mass is 10.1. The van der Waals surface area contributed by atoms with E-state index in [2.05, 4.69) is 4.98 Å². The van der Waals surface area contributed by atoms with Gasteiger partial charge >= 0.3 is 5.97 Å². The summed E-state index contributed by atoms with van der Waals surface area (Å²) in [7, 11) is 0. The number of benzene rings is 1. The maximum Gasteiger partial charge on any atom is 0.328 e. The minimum Gasteiger partial charge on any atom is -0.478 e. The molecule has 0 aliphatic carbocycles. The molecule has 0 saturated carbocycles. The van der Waals surface area contributed by atoms with Crippen LogP contribution in [0, 0.1) is 6.92 Å². The minimum absolute atomic E-state index is 0.520. The van der Waals surface area contributed by atoms with Crippen LogP contribution in [0.5, 0.6) is 0 Å². The topological polar surface area (TPSA) is 59.4 Å². The molecule has 1 heterocycles. The second kappa shape index (κ2) is 7.71. The van der Waals surface area contributed by atoms with Gasteiger partial charge in [0.05, 0.1) is 24.4 Å². The summed E-state index contributed by atoms with van der Waals surface area (Å²) < 4.78 is 5.67. The number of nitrogens with zero attached hydrogens (tertiary/aromatic N) is 1. The number of ether oxygens (including phenoxy) is 1. The van der Waals surface area contributed by atoms with Gasteiger partial charge in [0.25, 0.3) is 0 Å². The molecule has 0 amide bonds. The highest BCUT2D eigenvalue weighted by Gasteiger charge is 2.01. The molecule has 0 atom stereocenters. The van der Waals surface area contributed by atoms with Crippen LogP contribution in [0.15, 0.2) is 35.9 Å². The van der Waals surface area contributed by atoms with Gasteiger partial charge in [0, 0.05) is 17.4 Å². The fourth-order valence-corrected chi connectivity index (χ4v) is 2.64. The molecule has 1 aromatic heterocycles. The van der Waals surface area contributed by atoms with Gasteiger partial charge in [0.1, 0.15) is 0 Å². The molecule has 0 spiro atoms. The van der Waals surface area contributed by atoms with Crippen molar-refractivity contribution >= 4 is 23.4 Å². The Balaban J connectivity index is 1.82. The average Bonchev–Trinajstić information content (AvgIpc) is 2.87. The third-order valence-electron chi connectivity index (χ3n) is 2.96. The summed E-state index contributed by atoms with van der Waals surface area (Å²) >= 11 is 1.65. The molecule has 2 aromatic rings. The largest absolute Gasteiger partial charge is 0.478 e. The van der Waals surface area contributed by atoms with Gasteiger partial charge in [-0.2, -0.15) is 0 Å². The van der Waals surface area contributed by atoms with Crippen LogP contribution in [-0.4, -0.2) is 22.7 Å². The number of carboxylic acids is 1. The molecule has 0 aliphatic rings. The van der Waals surface area contributed by atoms with Gasteiger partial charge in [0.15, 0.2) is 0 Å². The number of thiazole rings is 1. The number of aliphatic carboxylic acids is 1. The third-order valence-corrected chi connectivity index (χ3v) is 3.95. The second-order valence-electron chi connectivity index (χ2n) is 4.58. The second-order valence-corrected chi connectivity index (χ2v) is 5.52. The standard InChI is InChI=1S/C16H17NO3S/c1-12-15(21-11-17-12)7-8-20-10-14-4-2-3-13(9-14)5-6-16(18)19/h2-6,9,11H,7-8,10H2,1H3,(H,18,19). The van der Waals surface area contributed by atoms with E-state index < -0.39 is 5.97 Å².